The lowest BCUT2D eigenvalue weighted by Crippen LogP contribution is -2.33. The quantitative estimate of drug-likeness (QED) is 0.359. The molecule has 0 unspecified atom stereocenters. The van der Waals surface area contributed by atoms with E-state index in [0.29, 0.717) is 21.6 Å². The molecular formula is C18H20N6S2. The normalized spacial score (nSPS) is 11.5. The first-order chi connectivity index (χ1) is 12.7. The Labute approximate surface area is 163 Å². The number of nitrogens with zero attached hydrogens (tertiary/aromatic N) is 2. The lowest BCUT2D eigenvalue weighted by atomic mass is 10.00. The van der Waals surface area contributed by atoms with Crippen molar-refractivity contribution in [1.29, 1.82) is 0 Å². The molecule has 0 aromatic heterocycles. The Bertz CT molecular complexity index is 733. The van der Waals surface area contributed by atoms with Crippen LogP contribution in [0.1, 0.15) is 11.1 Å². The molecule has 0 fully saturated rings. The van der Waals surface area contributed by atoms with Crippen molar-refractivity contribution in [3.8, 4) is 0 Å². The first kappa shape index (κ1) is 19.5. The van der Waals surface area contributed by atoms with Crippen LogP contribution in [0.25, 0.3) is 0 Å². The van der Waals surface area contributed by atoms with E-state index in [1.165, 1.54) is 0 Å². The summed E-state index contributed by atoms with van der Waals surface area (Å²) in [7, 11) is 3.46. The molecule has 26 heavy (non-hydrogen) atoms. The van der Waals surface area contributed by atoms with Gasteiger partial charge in [0.25, 0.3) is 0 Å². The fourth-order valence-electron chi connectivity index (χ4n) is 2.03. The highest BCUT2D eigenvalue weighted by Crippen LogP contribution is 2.10. The van der Waals surface area contributed by atoms with E-state index in [-0.39, 0.29) is 0 Å². The first-order valence-electron chi connectivity index (χ1n) is 7.87. The molecule has 0 saturated carbocycles. The smallest absolute Gasteiger partial charge is 0.186 e. The Kier molecular flexibility index (Phi) is 7.66. The van der Waals surface area contributed by atoms with Crippen molar-refractivity contribution < 1.29 is 0 Å². The Morgan fingerprint density at radius 3 is 1.31 bits per heavy atom. The summed E-state index contributed by atoms with van der Waals surface area (Å²) in [6, 6.07) is 19.5. The third-order valence-electron chi connectivity index (χ3n) is 3.31. The van der Waals surface area contributed by atoms with Crippen molar-refractivity contribution in [3.63, 3.8) is 0 Å². The summed E-state index contributed by atoms with van der Waals surface area (Å²) in [6.45, 7) is 0. The van der Waals surface area contributed by atoms with Gasteiger partial charge in [-0.3, -0.25) is 10.9 Å². The van der Waals surface area contributed by atoms with Crippen molar-refractivity contribution >= 4 is 46.1 Å². The summed E-state index contributed by atoms with van der Waals surface area (Å²) in [4.78, 5) is 0. The number of hydrazone groups is 2. The van der Waals surface area contributed by atoms with Crippen LogP contribution in [0.2, 0.25) is 0 Å². The number of hydrogen-bond donors (Lipinski definition) is 4. The zero-order valence-electron chi connectivity index (χ0n) is 14.5. The molecule has 0 atom stereocenters. The van der Waals surface area contributed by atoms with Gasteiger partial charge >= 0.3 is 0 Å². The molecule has 0 saturated heterocycles. The van der Waals surface area contributed by atoms with Crippen molar-refractivity contribution in [2.24, 2.45) is 10.2 Å². The van der Waals surface area contributed by atoms with Crippen molar-refractivity contribution in [2.45, 2.75) is 0 Å². The average molecular weight is 385 g/mol. The zero-order valence-corrected chi connectivity index (χ0v) is 16.1. The molecule has 0 amide bonds. The van der Waals surface area contributed by atoms with E-state index in [2.05, 4.69) is 31.7 Å². The number of rotatable bonds is 5. The molecule has 4 N–H and O–H groups in total. The lowest BCUT2D eigenvalue weighted by Gasteiger charge is -2.13. The molecule has 2 aromatic carbocycles. The third-order valence-corrected chi connectivity index (χ3v) is 3.90. The molecule has 6 nitrogen and oxygen atoms in total. The van der Waals surface area contributed by atoms with Crippen LogP contribution in [0.3, 0.4) is 0 Å². The fourth-order valence-corrected chi connectivity index (χ4v) is 2.12. The Balaban J connectivity index is 2.53. The average Bonchev–Trinajstić information content (AvgIpc) is 2.71. The van der Waals surface area contributed by atoms with Crippen LogP contribution in [0.15, 0.2) is 70.9 Å². The van der Waals surface area contributed by atoms with Crippen LogP contribution in [0.5, 0.6) is 0 Å². The van der Waals surface area contributed by atoms with Crippen LogP contribution < -0.4 is 21.5 Å². The van der Waals surface area contributed by atoms with Crippen LogP contribution in [-0.2, 0) is 0 Å². The zero-order chi connectivity index (χ0) is 18.8. The van der Waals surface area contributed by atoms with Gasteiger partial charge in [0.2, 0.25) is 0 Å². The van der Waals surface area contributed by atoms with E-state index in [9.17, 15) is 0 Å². The fraction of sp³-hybridized carbons (Fsp3) is 0.111. The van der Waals surface area contributed by atoms with Gasteiger partial charge in [-0.25, -0.2) is 0 Å². The first-order valence-corrected chi connectivity index (χ1v) is 8.69. The number of nitrogens with one attached hydrogen (secondary N) is 4. The molecule has 0 aliphatic heterocycles. The second kappa shape index (κ2) is 10.2. The molecule has 0 aliphatic carbocycles. The van der Waals surface area contributed by atoms with Crippen molar-refractivity contribution in [1.82, 2.24) is 21.5 Å². The van der Waals surface area contributed by atoms with Crippen LogP contribution >= 0.6 is 24.4 Å². The van der Waals surface area contributed by atoms with Gasteiger partial charge in [-0.05, 0) is 24.4 Å². The van der Waals surface area contributed by atoms with Crippen LogP contribution in [0, 0.1) is 0 Å². The van der Waals surface area contributed by atoms with Crippen LogP contribution in [0.4, 0.5) is 0 Å². The topological polar surface area (TPSA) is 72.8 Å². The molecule has 0 spiro atoms. The SMILES string of the molecule is CNC(=S)NN=C(C(=NNC(=S)NC)c1ccccc1)c1ccccc1. The highest BCUT2D eigenvalue weighted by atomic mass is 32.1. The summed E-state index contributed by atoms with van der Waals surface area (Å²) in [6.07, 6.45) is 0. The molecular weight excluding hydrogens is 364 g/mol. The highest BCUT2D eigenvalue weighted by molar-refractivity contribution is 7.80. The standard InChI is InChI=1S/C18H20N6S2/c1-19-17(25)23-21-15(13-9-5-3-6-10-13)16(22-24-18(26)20-2)14-11-7-4-8-12-14/h3-12H,1-2H3,(H2,19,23,25)(H2,20,24,26). The van der Waals surface area contributed by atoms with Gasteiger partial charge < -0.3 is 10.6 Å². The predicted octanol–water partition coefficient (Wildman–Crippen LogP) is 1.98. The maximum absolute atomic E-state index is 5.14. The summed E-state index contributed by atoms with van der Waals surface area (Å²) >= 11 is 10.3. The van der Waals surface area contributed by atoms with Crippen molar-refractivity contribution in [2.75, 3.05) is 14.1 Å². The lowest BCUT2D eigenvalue weighted by molar-refractivity contribution is 0.967. The molecule has 0 heterocycles. The predicted molar refractivity (Wildman–Crippen MR) is 116 cm³/mol. The molecule has 0 aliphatic rings. The van der Waals surface area contributed by atoms with Gasteiger partial charge in [0.15, 0.2) is 10.2 Å². The van der Waals surface area contributed by atoms with Crippen molar-refractivity contribution in [3.05, 3.63) is 71.8 Å². The molecule has 8 heteroatoms. The van der Waals surface area contributed by atoms with E-state index in [1.54, 1.807) is 14.1 Å². The maximum atomic E-state index is 5.14. The molecule has 0 bridgehead atoms. The second-order valence-corrected chi connectivity index (χ2v) is 5.85. The largest absolute Gasteiger partial charge is 0.364 e. The van der Waals surface area contributed by atoms with E-state index < -0.39 is 0 Å². The van der Waals surface area contributed by atoms with E-state index in [4.69, 9.17) is 24.4 Å². The van der Waals surface area contributed by atoms with Gasteiger partial charge in [0.05, 0.1) is 0 Å². The summed E-state index contributed by atoms with van der Waals surface area (Å²) in [5, 5.41) is 15.4. The molecule has 134 valence electrons. The summed E-state index contributed by atoms with van der Waals surface area (Å²) in [5.74, 6) is 0. The molecule has 2 aromatic rings. The van der Waals surface area contributed by atoms with Crippen LogP contribution in [-0.4, -0.2) is 35.7 Å². The third kappa shape index (κ3) is 5.61. The van der Waals surface area contributed by atoms with Gasteiger partial charge in [0, 0.05) is 25.2 Å². The van der Waals surface area contributed by atoms with Gasteiger partial charge in [-0.15, -0.1) is 0 Å². The van der Waals surface area contributed by atoms with Gasteiger partial charge in [-0.2, -0.15) is 10.2 Å². The second-order valence-electron chi connectivity index (χ2n) is 5.03. The molecule has 2 rings (SSSR count). The van der Waals surface area contributed by atoms with E-state index >= 15 is 0 Å². The minimum atomic E-state index is 0.407. The summed E-state index contributed by atoms with van der Waals surface area (Å²) in [5.41, 5.74) is 8.69. The maximum Gasteiger partial charge on any atom is 0.186 e. The van der Waals surface area contributed by atoms with E-state index in [0.717, 1.165) is 11.1 Å². The number of hydrogen-bond acceptors (Lipinski definition) is 4. The van der Waals surface area contributed by atoms with Gasteiger partial charge in [-0.1, -0.05) is 60.7 Å². The summed E-state index contributed by atoms with van der Waals surface area (Å²) < 4.78 is 0. The number of thiocarbonyl (C=S) groups is 2. The van der Waals surface area contributed by atoms with E-state index in [1.807, 2.05) is 60.7 Å². The Morgan fingerprint density at radius 2 is 1.00 bits per heavy atom. The molecule has 0 radical (unpaired) electrons. The minimum absolute atomic E-state index is 0.407. The monoisotopic (exact) mass is 384 g/mol. The Morgan fingerprint density at radius 1 is 0.654 bits per heavy atom. The number of benzene rings is 2. The minimum Gasteiger partial charge on any atom is -0.364 e. The Hall–Kier alpha value is -2.84. The van der Waals surface area contributed by atoms with Gasteiger partial charge in [0.1, 0.15) is 11.4 Å². The highest BCUT2D eigenvalue weighted by Gasteiger charge is 2.15.